The molecular weight excluding hydrogens is 522 g/mol. The van der Waals surface area contributed by atoms with E-state index in [0.717, 1.165) is 5.56 Å². The van der Waals surface area contributed by atoms with E-state index in [1.807, 2.05) is 20.8 Å². The molecule has 0 aliphatic rings. The highest BCUT2D eigenvalue weighted by Crippen LogP contribution is 2.41. The zero-order valence-electron chi connectivity index (χ0n) is 21.2. The van der Waals surface area contributed by atoms with Crippen LogP contribution >= 0.6 is 11.6 Å². The number of sulfonamides is 1. The Labute approximate surface area is 221 Å². The lowest BCUT2D eigenvalue weighted by atomic mass is 9.87. The standard InChI is InChI=1S/C25H30ClN3O7S/c1-25(2,3)16-6-9-18(10-7-16)37(31,32)29-23-22(36-20-14-17(34-5)8-11-19(20)26)24(35-13-12-30)28-21(27-23)15-33-4/h6-11,14,30H,12-13,15H2,1-5H3,(H,27,28,29). The van der Waals surface area contributed by atoms with Crippen molar-refractivity contribution in [3.8, 4) is 23.1 Å². The van der Waals surface area contributed by atoms with Crippen molar-refractivity contribution in [1.29, 1.82) is 0 Å². The molecule has 0 atom stereocenters. The number of nitrogens with one attached hydrogen (secondary N) is 1. The normalized spacial score (nSPS) is 11.8. The van der Waals surface area contributed by atoms with Crippen LogP contribution in [0, 0.1) is 0 Å². The maximum Gasteiger partial charge on any atom is 0.263 e. The van der Waals surface area contributed by atoms with E-state index in [2.05, 4.69) is 14.7 Å². The molecule has 3 aromatic rings. The molecule has 0 unspecified atom stereocenters. The molecule has 0 radical (unpaired) electrons. The monoisotopic (exact) mass is 551 g/mol. The van der Waals surface area contributed by atoms with E-state index in [9.17, 15) is 13.5 Å². The fourth-order valence-corrected chi connectivity index (χ4v) is 4.35. The van der Waals surface area contributed by atoms with E-state index in [1.54, 1.807) is 24.3 Å². The minimum atomic E-state index is -4.11. The van der Waals surface area contributed by atoms with Gasteiger partial charge in [-0.25, -0.2) is 13.4 Å². The summed E-state index contributed by atoms with van der Waals surface area (Å²) in [4.78, 5) is 8.59. The smallest absolute Gasteiger partial charge is 0.263 e. The quantitative estimate of drug-likeness (QED) is 0.352. The van der Waals surface area contributed by atoms with Crippen molar-refractivity contribution in [1.82, 2.24) is 9.97 Å². The van der Waals surface area contributed by atoms with E-state index in [-0.39, 0.29) is 64.2 Å². The summed E-state index contributed by atoms with van der Waals surface area (Å²) in [5.41, 5.74) is 0.833. The fourth-order valence-electron chi connectivity index (χ4n) is 3.19. The lowest BCUT2D eigenvalue weighted by Gasteiger charge is -2.20. The maximum absolute atomic E-state index is 13.3. The van der Waals surface area contributed by atoms with Crippen LogP contribution in [0.25, 0.3) is 0 Å². The molecule has 3 rings (SSSR count). The second-order valence-electron chi connectivity index (χ2n) is 8.91. The van der Waals surface area contributed by atoms with Crippen molar-refractivity contribution in [2.75, 3.05) is 32.2 Å². The van der Waals surface area contributed by atoms with Gasteiger partial charge in [0.2, 0.25) is 5.75 Å². The summed E-state index contributed by atoms with van der Waals surface area (Å²) in [5.74, 6) is 0.256. The minimum absolute atomic E-state index is 0.0237. The number of nitrogens with zero attached hydrogens (tertiary/aromatic N) is 2. The van der Waals surface area contributed by atoms with Gasteiger partial charge in [0.25, 0.3) is 15.9 Å². The van der Waals surface area contributed by atoms with Crippen LogP contribution in [0.5, 0.6) is 23.1 Å². The summed E-state index contributed by atoms with van der Waals surface area (Å²) in [5, 5.41) is 9.52. The largest absolute Gasteiger partial charge is 0.497 e. The highest BCUT2D eigenvalue weighted by atomic mass is 35.5. The minimum Gasteiger partial charge on any atom is -0.497 e. The van der Waals surface area contributed by atoms with E-state index in [4.69, 9.17) is 30.5 Å². The molecule has 0 saturated heterocycles. The molecule has 200 valence electrons. The molecule has 2 aromatic carbocycles. The van der Waals surface area contributed by atoms with Gasteiger partial charge >= 0.3 is 0 Å². The third kappa shape index (κ3) is 7.22. The highest BCUT2D eigenvalue weighted by Gasteiger charge is 2.25. The van der Waals surface area contributed by atoms with Crippen LogP contribution in [0.4, 0.5) is 5.82 Å². The van der Waals surface area contributed by atoms with Crippen LogP contribution < -0.4 is 18.9 Å². The molecule has 0 bridgehead atoms. The summed E-state index contributed by atoms with van der Waals surface area (Å²) in [6, 6.07) is 11.3. The Morgan fingerprint density at radius 3 is 2.35 bits per heavy atom. The number of aliphatic hydroxyl groups excluding tert-OH is 1. The Morgan fingerprint density at radius 1 is 1.05 bits per heavy atom. The second kappa shape index (κ2) is 12.0. The van der Waals surface area contributed by atoms with Gasteiger partial charge in [-0.1, -0.05) is 44.5 Å². The molecule has 1 aromatic heterocycles. The molecule has 37 heavy (non-hydrogen) atoms. The summed E-state index contributed by atoms with van der Waals surface area (Å²) in [7, 11) is -1.18. The summed E-state index contributed by atoms with van der Waals surface area (Å²) >= 11 is 6.31. The summed E-state index contributed by atoms with van der Waals surface area (Å²) in [6.07, 6.45) is 0. The van der Waals surface area contributed by atoms with Crippen LogP contribution in [-0.4, -0.2) is 50.9 Å². The molecule has 0 aliphatic heterocycles. The maximum atomic E-state index is 13.3. The van der Waals surface area contributed by atoms with Crippen molar-refractivity contribution in [3.05, 3.63) is 58.9 Å². The molecule has 12 heteroatoms. The van der Waals surface area contributed by atoms with Gasteiger partial charge in [0.1, 0.15) is 24.7 Å². The van der Waals surface area contributed by atoms with Crippen LogP contribution in [0.15, 0.2) is 47.4 Å². The first-order valence-electron chi connectivity index (χ1n) is 11.3. The zero-order valence-corrected chi connectivity index (χ0v) is 22.8. The average molecular weight is 552 g/mol. The van der Waals surface area contributed by atoms with Gasteiger partial charge in [0, 0.05) is 13.2 Å². The molecule has 10 nitrogen and oxygen atoms in total. The van der Waals surface area contributed by atoms with Gasteiger partial charge in [0.15, 0.2) is 11.6 Å². The lowest BCUT2D eigenvalue weighted by Crippen LogP contribution is -2.18. The number of aliphatic hydroxyl groups is 1. The molecule has 0 saturated carbocycles. The van der Waals surface area contributed by atoms with Gasteiger partial charge in [-0.05, 0) is 35.2 Å². The number of ether oxygens (including phenoxy) is 4. The van der Waals surface area contributed by atoms with Crippen LogP contribution in [0.2, 0.25) is 5.02 Å². The Hall–Kier alpha value is -3.12. The Balaban J connectivity index is 2.11. The first-order valence-corrected chi connectivity index (χ1v) is 13.1. The predicted octanol–water partition coefficient (Wildman–Crippen LogP) is 4.55. The Kier molecular flexibility index (Phi) is 9.19. The van der Waals surface area contributed by atoms with Crippen LogP contribution in [0.3, 0.4) is 0 Å². The average Bonchev–Trinajstić information content (AvgIpc) is 2.85. The third-order valence-electron chi connectivity index (χ3n) is 5.10. The number of benzene rings is 2. The first kappa shape index (κ1) is 28.5. The van der Waals surface area contributed by atoms with Crippen molar-refractivity contribution in [2.45, 2.75) is 37.7 Å². The number of halogens is 1. The van der Waals surface area contributed by atoms with Gasteiger partial charge in [-0.2, -0.15) is 4.98 Å². The van der Waals surface area contributed by atoms with Gasteiger partial charge in [0.05, 0.1) is 23.6 Å². The van der Waals surface area contributed by atoms with Crippen molar-refractivity contribution >= 4 is 27.4 Å². The zero-order chi connectivity index (χ0) is 27.2. The first-order chi connectivity index (χ1) is 17.5. The number of hydrogen-bond acceptors (Lipinski definition) is 9. The van der Waals surface area contributed by atoms with Crippen LogP contribution in [0.1, 0.15) is 32.2 Å². The topological polar surface area (TPSA) is 129 Å². The fraction of sp³-hybridized carbons (Fsp3) is 0.360. The molecular formula is C25H30ClN3O7S. The van der Waals surface area contributed by atoms with E-state index in [0.29, 0.717) is 5.75 Å². The van der Waals surface area contributed by atoms with Gasteiger partial charge in [-0.15, -0.1) is 0 Å². The molecule has 2 N–H and O–H groups in total. The third-order valence-corrected chi connectivity index (χ3v) is 6.76. The molecule has 0 spiro atoms. The van der Waals surface area contributed by atoms with E-state index >= 15 is 0 Å². The van der Waals surface area contributed by atoms with E-state index < -0.39 is 10.0 Å². The Bertz CT molecular complexity index is 1330. The van der Waals surface area contributed by atoms with Crippen LogP contribution in [-0.2, 0) is 26.8 Å². The second-order valence-corrected chi connectivity index (χ2v) is 11.0. The summed E-state index contributed by atoms with van der Waals surface area (Å²) < 4.78 is 51.1. The highest BCUT2D eigenvalue weighted by molar-refractivity contribution is 7.92. The Morgan fingerprint density at radius 2 is 1.76 bits per heavy atom. The number of rotatable bonds is 11. The van der Waals surface area contributed by atoms with Crippen molar-refractivity contribution in [3.63, 3.8) is 0 Å². The number of hydrogen-bond donors (Lipinski definition) is 2. The molecule has 0 amide bonds. The van der Waals surface area contributed by atoms with Gasteiger partial charge in [-0.3, -0.25) is 4.72 Å². The summed E-state index contributed by atoms with van der Waals surface area (Å²) in [6.45, 7) is 5.62. The predicted molar refractivity (Wildman–Crippen MR) is 139 cm³/mol. The van der Waals surface area contributed by atoms with E-state index in [1.165, 1.54) is 32.4 Å². The van der Waals surface area contributed by atoms with Crippen molar-refractivity contribution in [2.24, 2.45) is 0 Å². The number of anilines is 1. The molecule has 1 heterocycles. The van der Waals surface area contributed by atoms with Crippen molar-refractivity contribution < 1.29 is 32.5 Å². The van der Waals surface area contributed by atoms with Gasteiger partial charge < -0.3 is 24.1 Å². The lowest BCUT2D eigenvalue weighted by molar-refractivity contribution is 0.171. The molecule has 0 fully saturated rings. The SMILES string of the molecule is COCc1nc(NS(=O)(=O)c2ccc(C(C)(C)C)cc2)c(Oc2cc(OC)ccc2Cl)c(OCCO)n1. The molecule has 0 aliphatic carbocycles. The number of aromatic nitrogens is 2. The number of methoxy groups -OCH3 is 2.